The second kappa shape index (κ2) is 11.4. The number of fused-ring (bicyclic) bond motifs is 9. The molecule has 0 amide bonds. The van der Waals surface area contributed by atoms with E-state index in [2.05, 4.69) is 140 Å². The van der Waals surface area contributed by atoms with Crippen LogP contribution in [0, 0.1) is 0 Å². The number of benzene rings is 7. The van der Waals surface area contributed by atoms with Gasteiger partial charge < -0.3 is 8.83 Å². The smallest absolute Gasteiger partial charge is 0.164 e. The predicted molar refractivity (Wildman–Crippen MR) is 214 cm³/mol. The van der Waals surface area contributed by atoms with Crippen LogP contribution >= 0.6 is 0 Å². The minimum Gasteiger partial charge on any atom is -0.456 e. The molecule has 0 unspecified atom stereocenters. The first-order chi connectivity index (χ1) is 25.7. The van der Waals surface area contributed by atoms with Gasteiger partial charge in [-0.2, -0.15) is 0 Å². The largest absolute Gasteiger partial charge is 0.456 e. The molecule has 10 aromatic rings. The molecule has 0 aliphatic heterocycles. The molecule has 0 bridgehead atoms. The van der Waals surface area contributed by atoms with Crippen LogP contribution in [0.15, 0.2) is 167 Å². The van der Waals surface area contributed by atoms with Gasteiger partial charge in [-0.25, -0.2) is 9.97 Å². The van der Waals surface area contributed by atoms with Crippen molar-refractivity contribution < 1.29 is 8.83 Å². The molecule has 244 valence electrons. The molecule has 4 nitrogen and oxygen atoms in total. The molecule has 0 saturated heterocycles. The Balaban J connectivity index is 1.11. The molecule has 4 heteroatoms. The number of furan rings is 2. The average molecular weight is 667 g/mol. The number of hydrogen-bond acceptors (Lipinski definition) is 4. The number of allylic oxidation sites excluding steroid dienone is 4. The van der Waals surface area contributed by atoms with Crippen molar-refractivity contribution in [3.63, 3.8) is 0 Å². The van der Waals surface area contributed by atoms with Gasteiger partial charge in [-0.05, 0) is 93.9 Å². The molecule has 3 heterocycles. The van der Waals surface area contributed by atoms with Gasteiger partial charge in [0.2, 0.25) is 0 Å². The van der Waals surface area contributed by atoms with Gasteiger partial charge in [-0.15, -0.1) is 0 Å². The zero-order valence-corrected chi connectivity index (χ0v) is 28.1. The molecule has 0 atom stereocenters. The first kappa shape index (κ1) is 29.0. The number of nitrogens with zero attached hydrogens (tertiary/aromatic N) is 2. The fourth-order valence-electron chi connectivity index (χ4n) is 7.98. The molecule has 7 aromatic carbocycles. The number of aromatic nitrogens is 2. The summed E-state index contributed by atoms with van der Waals surface area (Å²) < 4.78 is 13.0. The van der Waals surface area contributed by atoms with Crippen LogP contribution in [0.1, 0.15) is 18.5 Å². The first-order valence-corrected chi connectivity index (χ1v) is 17.8. The fourth-order valence-corrected chi connectivity index (χ4v) is 7.98. The molecule has 0 radical (unpaired) electrons. The molecule has 1 aliphatic rings. The predicted octanol–water partition coefficient (Wildman–Crippen LogP) is 13.3. The summed E-state index contributed by atoms with van der Waals surface area (Å²) in [7, 11) is 0. The Morgan fingerprint density at radius 3 is 2.12 bits per heavy atom. The SMILES string of the molecule is C1=CCCC(c2nc(-c3cc(-c4ccc(-c5ccc6c(c5)oc5ccccc56)cc4)cc4c3oc3ccc5ccccc5c34)nc3ccccc23)=C1. The van der Waals surface area contributed by atoms with Crippen LogP contribution in [-0.2, 0) is 0 Å². The van der Waals surface area contributed by atoms with Crippen molar-refractivity contribution in [1.29, 1.82) is 0 Å². The van der Waals surface area contributed by atoms with E-state index in [0.717, 1.165) is 107 Å². The molecule has 0 spiro atoms. The lowest BCUT2D eigenvalue weighted by Gasteiger charge is -2.14. The Kier molecular flexibility index (Phi) is 6.34. The summed E-state index contributed by atoms with van der Waals surface area (Å²) in [6.45, 7) is 0. The minimum atomic E-state index is 0.662. The van der Waals surface area contributed by atoms with Gasteiger partial charge in [0.1, 0.15) is 22.3 Å². The maximum Gasteiger partial charge on any atom is 0.164 e. The Morgan fingerprint density at radius 1 is 0.500 bits per heavy atom. The first-order valence-electron chi connectivity index (χ1n) is 17.8. The van der Waals surface area contributed by atoms with Gasteiger partial charge in [0, 0.05) is 26.9 Å². The molecule has 0 N–H and O–H groups in total. The minimum absolute atomic E-state index is 0.662. The van der Waals surface area contributed by atoms with Gasteiger partial charge in [-0.3, -0.25) is 0 Å². The zero-order valence-electron chi connectivity index (χ0n) is 28.1. The second-order valence-corrected chi connectivity index (χ2v) is 13.6. The van der Waals surface area contributed by atoms with Crippen molar-refractivity contribution in [2.75, 3.05) is 0 Å². The topological polar surface area (TPSA) is 52.1 Å². The van der Waals surface area contributed by atoms with E-state index >= 15 is 0 Å². The van der Waals surface area contributed by atoms with E-state index in [9.17, 15) is 0 Å². The number of para-hydroxylation sites is 2. The molecule has 0 fully saturated rings. The van der Waals surface area contributed by atoms with Crippen LogP contribution in [0.3, 0.4) is 0 Å². The van der Waals surface area contributed by atoms with Crippen LogP contribution in [0.25, 0.3) is 105 Å². The lowest BCUT2D eigenvalue weighted by molar-refractivity contribution is 0.669. The second-order valence-electron chi connectivity index (χ2n) is 13.6. The third-order valence-electron chi connectivity index (χ3n) is 10.6. The van der Waals surface area contributed by atoms with Crippen LogP contribution in [0.4, 0.5) is 0 Å². The van der Waals surface area contributed by atoms with Crippen molar-refractivity contribution in [2.24, 2.45) is 0 Å². The third kappa shape index (κ3) is 4.54. The van der Waals surface area contributed by atoms with Crippen molar-refractivity contribution in [1.82, 2.24) is 9.97 Å². The van der Waals surface area contributed by atoms with Gasteiger partial charge in [0.05, 0.1) is 16.8 Å². The molecule has 3 aromatic heterocycles. The van der Waals surface area contributed by atoms with Gasteiger partial charge >= 0.3 is 0 Å². The summed E-state index contributed by atoms with van der Waals surface area (Å²) in [4.78, 5) is 10.5. The maximum absolute atomic E-state index is 6.75. The van der Waals surface area contributed by atoms with E-state index in [-0.39, 0.29) is 0 Å². The van der Waals surface area contributed by atoms with Crippen molar-refractivity contribution in [3.05, 3.63) is 163 Å². The summed E-state index contributed by atoms with van der Waals surface area (Å²) in [5.74, 6) is 0.662. The van der Waals surface area contributed by atoms with Crippen LogP contribution in [0.5, 0.6) is 0 Å². The average Bonchev–Trinajstić information content (AvgIpc) is 3.79. The van der Waals surface area contributed by atoms with Crippen molar-refractivity contribution in [3.8, 4) is 33.6 Å². The molecule has 52 heavy (non-hydrogen) atoms. The summed E-state index contributed by atoms with van der Waals surface area (Å²) >= 11 is 0. The summed E-state index contributed by atoms with van der Waals surface area (Å²) in [5, 5.41) is 7.83. The van der Waals surface area contributed by atoms with Gasteiger partial charge in [0.25, 0.3) is 0 Å². The van der Waals surface area contributed by atoms with E-state index in [1.807, 2.05) is 18.2 Å². The summed E-state index contributed by atoms with van der Waals surface area (Å²) in [6, 6.07) is 49.0. The van der Waals surface area contributed by atoms with Crippen LogP contribution in [-0.4, -0.2) is 9.97 Å². The van der Waals surface area contributed by atoms with Crippen molar-refractivity contribution >= 4 is 71.1 Å². The Labute approximate surface area is 299 Å². The highest BCUT2D eigenvalue weighted by atomic mass is 16.3. The highest BCUT2D eigenvalue weighted by Crippen LogP contribution is 2.43. The molecule has 11 rings (SSSR count). The third-order valence-corrected chi connectivity index (χ3v) is 10.6. The quantitative estimate of drug-likeness (QED) is 0.188. The maximum atomic E-state index is 6.75. The van der Waals surface area contributed by atoms with Gasteiger partial charge in [-0.1, -0.05) is 115 Å². The van der Waals surface area contributed by atoms with Gasteiger partial charge in [0.15, 0.2) is 5.82 Å². The summed E-state index contributed by atoms with van der Waals surface area (Å²) in [6.07, 6.45) is 8.48. The van der Waals surface area contributed by atoms with E-state index in [1.165, 1.54) is 11.0 Å². The van der Waals surface area contributed by atoms with E-state index in [1.54, 1.807) is 0 Å². The van der Waals surface area contributed by atoms with Crippen LogP contribution in [0.2, 0.25) is 0 Å². The Morgan fingerprint density at radius 2 is 1.25 bits per heavy atom. The highest BCUT2D eigenvalue weighted by Gasteiger charge is 2.21. The number of hydrogen-bond donors (Lipinski definition) is 0. The normalized spacial score (nSPS) is 13.3. The molecular weight excluding hydrogens is 637 g/mol. The van der Waals surface area contributed by atoms with Crippen LogP contribution < -0.4 is 0 Å². The molecular formula is C48H30N2O2. The Hall–Kier alpha value is -6.78. The van der Waals surface area contributed by atoms with E-state index in [0.29, 0.717) is 5.82 Å². The zero-order chi connectivity index (χ0) is 34.2. The van der Waals surface area contributed by atoms with E-state index < -0.39 is 0 Å². The molecule has 1 aliphatic carbocycles. The Bertz CT molecular complexity index is 3120. The monoisotopic (exact) mass is 666 g/mol. The number of rotatable bonds is 4. The van der Waals surface area contributed by atoms with E-state index in [4.69, 9.17) is 18.8 Å². The standard InChI is InChI=1S/C48H30N2O2/c1-2-11-32(12-3-1)46-38-15-6-8-16-41(38)49-48(50-46)40-27-34(26-39-45-35-13-5-4-10-31(35)23-25-43(45)52-47(39)40)30-20-18-29(19-21-30)33-22-24-37-36-14-7-9-17-42(36)51-44(37)28-33/h1-2,4-11,13-28H,3,12H2. The molecule has 0 saturated carbocycles. The lowest BCUT2D eigenvalue weighted by atomic mass is 9.95. The lowest BCUT2D eigenvalue weighted by Crippen LogP contribution is -1.99. The highest BCUT2D eigenvalue weighted by molar-refractivity contribution is 6.21. The van der Waals surface area contributed by atoms with Crippen molar-refractivity contribution in [2.45, 2.75) is 12.8 Å². The summed E-state index contributed by atoms with van der Waals surface area (Å²) in [5.41, 5.74) is 11.9. The fraction of sp³-hybridized carbons (Fsp3) is 0.0417.